The molecule has 0 bridgehead atoms. The highest BCUT2D eigenvalue weighted by atomic mass is 15.1. The van der Waals surface area contributed by atoms with Crippen molar-refractivity contribution in [1.29, 1.82) is 0 Å². The summed E-state index contributed by atoms with van der Waals surface area (Å²) in [5, 5.41) is 7.25. The predicted octanol–water partition coefficient (Wildman–Crippen LogP) is 2.99. The van der Waals surface area contributed by atoms with E-state index in [1.54, 1.807) is 0 Å². The van der Waals surface area contributed by atoms with Gasteiger partial charge in [-0.3, -0.25) is 4.98 Å². The Morgan fingerprint density at radius 1 is 1.24 bits per heavy atom. The van der Waals surface area contributed by atoms with Crippen LogP contribution in [0.25, 0.3) is 0 Å². The average molecular weight is 337 g/mol. The molecule has 0 radical (unpaired) electrons. The fourth-order valence-electron chi connectivity index (χ4n) is 3.61. The van der Waals surface area contributed by atoms with Crippen molar-refractivity contribution < 1.29 is 0 Å². The van der Waals surface area contributed by atoms with Crippen LogP contribution in [0.15, 0.2) is 18.3 Å². The number of rotatable bonds is 5. The maximum atomic E-state index is 4.87. The lowest BCUT2D eigenvalue weighted by Crippen LogP contribution is -2.19. The molecule has 0 spiro atoms. The molecule has 5 nitrogen and oxygen atoms in total. The molecule has 0 saturated heterocycles. The van der Waals surface area contributed by atoms with E-state index >= 15 is 0 Å². The van der Waals surface area contributed by atoms with Crippen molar-refractivity contribution in [3.05, 3.63) is 46.7 Å². The summed E-state index contributed by atoms with van der Waals surface area (Å²) in [5.74, 6) is 2.63. The molecule has 3 heterocycles. The summed E-state index contributed by atoms with van der Waals surface area (Å²) >= 11 is 0. The Morgan fingerprint density at radius 3 is 2.84 bits per heavy atom. The summed E-state index contributed by atoms with van der Waals surface area (Å²) in [7, 11) is 0. The summed E-state index contributed by atoms with van der Waals surface area (Å²) in [5.41, 5.74) is 4.91. The van der Waals surface area contributed by atoms with Crippen molar-refractivity contribution in [2.45, 2.75) is 52.0 Å². The first kappa shape index (κ1) is 16.5. The quantitative estimate of drug-likeness (QED) is 0.878. The molecular formula is C20H27N5. The second-order valence-corrected chi connectivity index (χ2v) is 7.23. The molecule has 2 aliphatic rings. The van der Waals surface area contributed by atoms with Gasteiger partial charge in [0.1, 0.15) is 11.6 Å². The van der Waals surface area contributed by atoms with E-state index in [-0.39, 0.29) is 6.04 Å². The van der Waals surface area contributed by atoms with Gasteiger partial charge in [0.15, 0.2) is 0 Å². The first-order valence-electron chi connectivity index (χ1n) is 9.53. The first-order valence-corrected chi connectivity index (χ1v) is 9.53. The van der Waals surface area contributed by atoms with Crippen LogP contribution in [-0.2, 0) is 19.3 Å². The van der Waals surface area contributed by atoms with Crippen LogP contribution in [0.5, 0.6) is 0 Å². The SMILES string of the molecule is CCc1nc2c(c(N[C@@H](c3cc(C)ccn3)C3CC3)n1)CCNCC2. The molecule has 25 heavy (non-hydrogen) atoms. The Bertz CT molecular complexity index is 754. The highest BCUT2D eigenvalue weighted by Gasteiger charge is 2.34. The van der Waals surface area contributed by atoms with Gasteiger partial charge in [0.2, 0.25) is 0 Å². The zero-order chi connectivity index (χ0) is 17.2. The zero-order valence-electron chi connectivity index (χ0n) is 15.2. The highest BCUT2D eigenvalue weighted by molar-refractivity contribution is 5.49. The van der Waals surface area contributed by atoms with Gasteiger partial charge in [0.05, 0.1) is 17.4 Å². The molecule has 1 fully saturated rings. The monoisotopic (exact) mass is 337 g/mol. The summed E-state index contributed by atoms with van der Waals surface area (Å²) < 4.78 is 0. The van der Waals surface area contributed by atoms with Gasteiger partial charge in [-0.25, -0.2) is 9.97 Å². The van der Waals surface area contributed by atoms with Gasteiger partial charge >= 0.3 is 0 Å². The number of aryl methyl sites for hydroxylation is 2. The van der Waals surface area contributed by atoms with Crippen molar-refractivity contribution in [2.24, 2.45) is 5.92 Å². The zero-order valence-corrected chi connectivity index (χ0v) is 15.2. The third kappa shape index (κ3) is 3.66. The predicted molar refractivity (Wildman–Crippen MR) is 99.7 cm³/mol. The minimum Gasteiger partial charge on any atom is -0.361 e. The van der Waals surface area contributed by atoms with Gasteiger partial charge in [-0.05, 0) is 56.3 Å². The van der Waals surface area contributed by atoms with E-state index in [0.717, 1.165) is 49.7 Å². The fourth-order valence-corrected chi connectivity index (χ4v) is 3.61. The molecule has 4 rings (SSSR count). The number of aromatic nitrogens is 3. The van der Waals surface area contributed by atoms with Crippen LogP contribution in [0.3, 0.4) is 0 Å². The van der Waals surface area contributed by atoms with Crippen molar-refractivity contribution in [3.8, 4) is 0 Å². The Balaban J connectivity index is 1.70. The Labute approximate surface area is 149 Å². The van der Waals surface area contributed by atoms with Gasteiger partial charge in [-0.1, -0.05) is 6.92 Å². The molecule has 2 N–H and O–H groups in total. The molecule has 2 aromatic rings. The van der Waals surface area contributed by atoms with Crippen LogP contribution in [0.2, 0.25) is 0 Å². The number of hydrogen-bond acceptors (Lipinski definition) is 5. The van der Waals surface area contributed by atoms with Gasteiger partial charge < -0.3 is 10.6 Å². The van der Waals surface area contributed by atoms with Crippen LogP contribution < -0.4 is 10.6 Å². The number of nitrogens with zero attached hydrogens (tertiary/aromatic N) is 3. The molecule has 0 aromatic carbocycles. The maximum Gasteiger partial charge on any atom is 0.133 e. The van der Waals surface area contributed by atoms with E-state index in [1.165, 1.54) is 29.7 Å². The lowest BCUT2D eigenvalue weighted by Gasteiger charge is -2.22. The van der Waals surface area contributed by atoms with Crippen LogP contribution in [0, 0.1) is 12.8 Å². The van der Waals surface area contributed by atoms with Crippen molar-refractivity contribution in [3.63, 3.8) is 0 Å². The fraction of sp³-hybridized carbons (Fsp3) is 0.550. The second-order valence-electron chi connectivity index (χ2n) is 7.23. The van der Waals surface area contributed by atoms with Gasteiger partial charge in [0.25, 0.3) is 0 Å². The molecule has 1 saturated carbocycles. The number of pyridine rings is 1. The molecule has 0 unspecified atom stereocenters. The third-order valence-corrected chi connectivity index (χ3v) is 5.19. The Hall–Kier alpha value is -2.01. The van der Waals surface area contributed by atoms with Crippen molar-refractivity contribution >= 4 is 5.82 Å². The standard InChI is InChI=1S/C20H27N5/c1-3-18-23-16-8-10-21-9-7-15(16)20(24-18)25-19(14-4-5-14)17-12-13(2)6-11-22-17/h6,11-12,14,19,21H,3-5,7-10H2,1-2H3,(H,23,24,25)/t19-/m1/s1. The number of nitrogens with one attached hydrogen (secondary N) is 2. The van der Waals surface area contributed by atoms with Gasteiger partial charge in [-0.15, -0.1) is 0 Å². The minimum atomic E-state index is 0.250. The number of fused-ring (bicyclic) bond motifs is 1. The third-order valence-electron chi connectivity index (χ3n) is 5.19. The lowest BCUT2D eigenvalue weighted by atomic mass is 10.0. The Kier molecular flexibility index (Phi) is 4.66. The smallest absolute Gasteiger partial charge is 0.133 e. The Morgan fingerprint density at radius 2 is 2.08 bits per heavy atom. The molecule has 1 atom stereocenters. The first-order chi connectivity index (χ1) is 12.2. The van der Waals surface area contributed by atoms with E-state index < -0.39 is 0 Å². The summed E-state index contributed by atoms with van der Waals surface area (Å²) in [6.07, 6.45) is 7.29. The summed E-state index contributed by atoms with van der Waals surface area (Å²) in [4.78, 5) is 14.3. The van der Waals surface area contributed by atoms with E-state index in [4.69, 9.17) is 9.97 Å². The highest BCUT2D eigenvalue weighted by Crippen LogP contribution is 2.42. The molecule has 2 aromatic heterocycles. The average Bonchev–Trinajstić information content (AvgIpc) is 3.46. The normalized spacial score (nSPS) is 18.3. The van der Waals surface area contributed by atoms with Crippen molar-refractivity contribution in [1.82, 2.24) is 20.3 Å². The van der Waals surface area contributed by atoms with E-state index in [2.05, 4.69) is 41.6 Å². The molecule has 1 aliphatic heterocycles. The number of anilines is 1. The van der Waals surface area contributed by atoms with Gasteiger partial charge in [0, 0.05) is 31.1 Å². The molecule has 1 aliphatic carbocycles. The van der Waals surface area contributed by atoms with Crippen LogP contribution in [0.4, 0.5) is 5.82 Å². The van der Waals surface area contributed by atoms with E-state index in [9.17, 15) is 0 Å². The molecule has 0 amide bonds. The van der Waals surface area contributed by atoms with Crippen LogP contribution in [-0.4, -0.2) is 28.0 Å². The molecule has 5 heteroatoms. The topological polar surface area (TPSA) is 62.7 Å². The minimum absolute atomic E-state index is 0.250. The van der Waals surface area contributed by atoms with E-state index in [0.29, 0.717) is 5.92 Å². The second kappa shape index (κ2) is 7.08. The largest absolute Gasteiger partial charge is 0.361 e. The molecule has 132 valence electrons. The number of hydrogen-bond donors (Lipinski definition) is 2. The summed E-state index contributed by atoms with van der Waals surface area (Å²) in [6.45, 7) is 6.25. The van der Waals surface area contributed by atoms with Crippen LogP contribution >= 0.6 is 0 Å². The molecular weight excluding hydrogens is 310 g/mol. The van der Waals surface area contributed by atoms with E-state index in [1.807, 2.05) is 6.20 Å². The summed E-state index contributed by atoms with van der Waals surface area (Å²) in [6, 6.07) is 4.52. The maximum absolute atomic E-state index is 4.87. The van der Waals surface area contributed by atoms with Gasteiger partial charge in [-0.2, -0.15) is 0 Å². The van der Waals surface area contributed by atoms with Crippen LogP contribution in [0.1, 0.15) is 54.1 Å². The lowest BCUT2D eigenvalue weighted by molar-refractivity contribution is 0.650. The van der Waals surface area contributed by atoms with Crippen molar-refractivity contribution in [2.75, 3.05) is 18.4 Å².